The number of para-hydroxylation sites is 1. The van der Waals surface area contributed by atoms with Crippen LogP contribution < -0.4 is 20.9 Å². The minimum Gasteiger partial charge on any atom is -0.468 e. The molecule has 3 fully saturated rings. The molecule has 3 N–H and O–H groups in total. The van der Waals surface area contributed by atoms with E-state index in [1.54, 1.807) is 27.5 Å². The van der Waals surface area contributed by atoms with Crippen LogP contribution in [0.5, 0.6) is 5.75 Å². The highest BCUT2D eigenvalue weighted by molar-refractivity contribution is 7.54. The average molecular weight is 639 g/mol. The summed E-state index contributed by atoms with van der Waals surface area (Å²) in [5.41, 5.74) is -1.75. The summed E-state index contributed by atoms with van der Waals surface area (Å²) in [4.78, 5) is 39.1. The number of methoxy groups -OCH3 is 1. The number of nitrogens with zero attached hydrogens (tertiary/aromatic N) is 3. The molecule has 0 radical (unpaired) electrons. The van der Waals surface area contributed by atoms with Crippen LogP contribution in [-0.2, 0) is 32.4 Å². The van der Waals surface area contributed by atoms with Crippen LogP contribution in [0.1, 0.15) is 25.1 Å². The molecule has 1 aromatic heterocycles. The Hall–Kier alpha value is -3.25. The van der Waals surface area contributed by atoms with E-state index in [9.17, 15) is 28.6 Å². The number of hydrogen-bond donors (Lipinski definition) is 3. The first-order valence-corrected chi connectivity index (χ1v) is 16.4. The molecule has 0 amide bonds. The fourth-order valence-electron chi connectivity index (χ4n) is 4.20. The van der Waals surface area contributed by atoms with Crippen molar-refractivity contribution in [1.29, 1.82) is 0 Å². The van der Waals surface area contributed by atoms with E-state index in [1.807, 2.05) is 0 Å². The summed E-state index contributed by atoms with van der Waals surface area (Å²) in [6.07, 6.45) is 0.114. The van der Waals surface area contributed by atoms with Crippen molar-refractivity contribution in [2.75, 3.05) is 39.9 Å². The van der Waals surface area contributed by atoms with E-state index >= 15 is 0 Å². The third-order valence-electron chi connectivity index (χ3n) is 6.68. The number of benzene rings is 1. The summed E-state index contributed by atoms with van der Waals surface area (Å²) in [5, 5.41) is 13.2. The summed E-state index contributed by atoms with van der Waals surface area (Å²) in [7, 11) is -6.27. The number of aliphatic hydroxyl groups is 1. The SMILES string of the molecule is COC(=O)[C@H](C)NP(=O)(OCC1OC(n2cc(C#COP(=O)(N3CC3)N3CC3)c(=O)[nH]c2=O)C[C@@H]1O)Oc1ccccc1. The van der Waals surface area contributed by atoms with Crippen molar-refractivity contribution >= 4 is 21.4 Å². The van der Waals surface area contributed by atoms with Crippen LogP contribution in [0.3, 0.4) is 0 Å². The molecule has 4 heterocycles. The molecule has 232 valence electrons. The zero-order valence-electron chi connectivity index (χ0n) is 23.3. The molecule has 18 heteroatoms. The zero-order chi connectivity index (χ0) is 30.8. The van der Waals surface area contributed by atoms with Gasteiger partial charge in [0.15, 0.2) is 0 Å². The Bertz CT molecular complexity index is 1600. The van der Waals surface area contributed by atoms with Crippen molar-refractivity contribution < 1.29 is 42.1 Å². The molecular weight excluding hydrogens is 608 g/mol. The van der Waals surface area contributed by atoms with Gasteiger partial charge in [-0.1, -0.05) is 18.2 Å². The van der Waals surface area contributed by atoms with Crippen LogP contribution in [0.15, 0.2) is 46.1 Å². The molecule has 3 aliphatic rings. The lowest BCUT2D eigenvalue weighted by molar-refractivity contribution is -0.142. The molecule has 0 aliphatic carbocycles. The van der Waals surface area contributed by atoms with Crippen molar-refractivity contribution in [2.45, 2.75) is 37.8 Å². The topological polar surface area (TPSA) is 190 Å². The number of H-pyrrole nitrogens is 1. The van der Waals surface area contributed by atoms with E-state index in [0.717, 1.165) is 10.8 Å². The van der Waals surface area contributed by atoms with E-state index in [0.29, 0.717) is 26.2 Å². The summed E-state index contributed by atoms with van der Waals surface area (Å²) in [5.74, 6) is 1.99. The van der Waals surface area contributed by atoms with Gasteiger partial charge < -0.3 is 23.6 Å². The molecule has 43 heavy (non-hydrogen) atoms. The first-order chi connectivity index (χ1) is 20.5. The smallest absolute Gasteiger partial charge is 0.459 e. The fraction of sp³-hybridized carbons (Fsp3) is 0.480. The third-order valence-corrected chi connectivity index (χ3v) is 10.9. The maximum absolute atomic E-state index is 13.6. The van der Waals surface area contributed by atoms with Crippen LogP contribution in [0.25, 0.3) is 0 Å². The van der Waals surface area contributed by atoms with Crippen LogP contribution >= 0.6 is 15.4 Å². The summed E-state index contributed by atoms with van der Waals surface area (Å²) < 4.78 is 57.9. The molecule has 16 nitrogen and oxygen atoms in total. The van der Waals surface area contributed by atoms with Gasteiger partial charge in [-0.05, 0) is 25.0 Å². The average Bonchev–Trinajstić information content (AvgIpc) is 3.90. The van der Waals surface area contributed by atoms with E-state index in [2.05, 4.69) is 26.8 Å². The standard InChI is InChI=1S/C25H31N5O11P2/c1-17(24(33)37-2)27-42(35,41-19-6-4-3-5-7-19)39-16-21-20(31)14-22(40-21)30-15-18(23(32)26-25(30)34)8-13-38-43(36,28-9-10-28)29-11-12-29/h3-7,15,17,20-22,31H,9-12,14,16H2,1-2H3,(H,27,35)(H,26,32,34)/t17-,20-,21?,22?,42?/m0/s1. The van der Waals surface area contributed by atoms with E-state index in [4.69, 9.17) is 18.3 Å². The largest absolute Gasteiger partial charge is 0.468 e. The number of aromatic nitrogens is 2. The molecule has 2 aromatic rings. The quantitative estimate of drug-likeness (QED) is 0.127. The van der Waals surface area contributed by atoms with Gasteiger partial charge in [0, 0.05) is 38.8 Å². The van der Waals surface area contributed by atoms with E-state index in [-0.39, 0.29) is 17.7 Å². The second-order valence-corrected chi connectivity index (χ2v) is 13.9. The van der Waals surface area contributed by atoms with Crippen molar-refractivity contribution in [3.8, 4) is 17.8 Å². The number of rotatable bonds is 12. The minimum absolute atomic E-state index is 0.0850. The van der Waals surface area contributed by atoms with Gasteiger partial charge >= 0.3 is 27.1 Å². The molecule has 0 spiro atoms. The third kappa shape index (κ3) is 7.46. The Kier molecular flexibility index (Phi) is 9.26. The lowest BCUT2D eigenvalue weighted by atomic mass is 10.2. The second kappa shape index (κ2) is 12.8. The summed E-state index contributed by atoms with van der Waals surface area (Å²) >= 11 is 0. The molecule has 1 aromatic carbocycles. The fourth-order valence-corrected chi connectivity index (χ4v) is 7.64. The first kappa shape index (κ1) is 31.2. The van der Waals surface area contributed by atoms with E-state index in [1.165, 1.54) is 26.2 Å². The lowest BCUT2D eigenvalue weighted by Gasteiger charge is -2.24. The molecule has 5 atom stereocenters. The Morgan fingerprint density at radius 2 is 1.86 bits per heavy atom. The van der Waals surface area contributed by atoms with Gasteiger partial charge in [-0.3, -0.25) is 23.7 Å². The van der Waals surface area contributed by atoms with Gasteiger partial charge in [0.05, 0.1) is 19.8 Å². The van der Waals surface area contributed by atoms with Crippen molar-refractivity contribution in [3.63, 3.8) is 0 Å². The first-order valence-electron chi connectivity index (χ1n) is 13.4. The predicted molar refractivity (Wildman–Crippen MR) is 150 cm³/mol. The van der Waals surface area contributed by atoms with Gasteiger partial charge in [0.1, 0.15) is 35.8 Å². The Labute approximate surface area is 246 Å². The normalized spacial score (nSPS) is 23.8. The summed E-state index contributed by atoms with van der Waals surface area (Å²) in [6, 6.07) is 7.04. The van der Waals surface area contributed by atoms with E-state index < -0.39 is 63.7 Å². The molecule has 3 aliphatic heterocycles. The van der Waals surface area contributed by atoms with Crippen LogP contribution in [0.4, 0.5) is 0 Å². The maximum Gasteiger partial charge on any atom is 0.459 e. The van der Waals surface area contributed by atoms with Gasteiger partial charge in [-0.25, -0.2) is 23.3 Å². The lowest BCUT2D eigenvalue weighted by Crippen LogP contribution is -2.36. The van der Waals surface area contributed by atoms with Crippen LogP contribution in [0, 0.1) is 12.0 Å². The van der Waals surface area contributed by atoms with Crippen molar-refractivity contribution in [2.24, 2.45) is 0 Å². The summed E-state index contributed by atoms with van der Waals surface area (Å²) in [6.45, 7) is 3.46. The van der Waals surface area contributed by atoms with Crippen molar-refractivity contribution in [1.82, 2.24) is 24.0 Å². The number of ether oxygens (including phenoxy) is 2. The van der Waals surface area contributed by atoms with Crippen LogP contribution in [0.2, 0.25) is 0 Å². The van der Waals surface area contributed by atoms with Gasteiger partial charge in [0.2, 0.25) is 0 Å². The van der Waals surface area contributed by atoms with Gasteiger partial charge in [-0.2, -0.15) is 5.09 Å². The molecule has 3 saturated heterocycles. The highest BCUT2D eigenvalue weighted by Gasteiger charge is 2.50. The second-order valence-electron chi connectivity index (χ2n) is 9.93. The number of esters is 1. The predicted octanol–water partition coefficient (Wildman–Crippen LogP) is 0.605. The Balaban J connectivity index is 1.28. The molecular formula is C25H31N5O11P2. The number of nitrogens with one attached hydrogen (secondary N) is 2. The Morgan fingerprint density at radius 1 is 1.19 bits per heavy atom. The number of carbonyl (C=O) groups excluding carboxylic acids is 1. The Morgan fingerprint density at radius 3 is 2.49 bits per heavy atom. The van der Waals surface area contributed by atoms with Gasteiger partial charge in [0.25, 0.3) is 5.56 Å². The highest BCUT2D eigenvalue weighted by atomic mass is 31.2. The van der Waals surface area contributed by atoms with Gasteiger partial charge in [-0.15, -0.1) is 0 Å². The van der Waals surface area contributed by atoms with Crippen LogP contribution in [-0.4, -0.2) is 88.1 Å². The molecule has 5 rings (SSSR count). The number of carbonyl (C=O) groups is 1. The molecule has 3 unspecified atom stereocenters. The monoisotopic (exact) mass is 639 g/mol. The maximum atomic E-state index is 13.6. The number of aromatic amines is 1. The minimum atomic E-state index is -4.21. The number of aliphatic hydroxyl groups excluding tert-OH is 1. The zero-order valence-corrected chi connectivity index (χ0v) is 25.1. The highest BCUT2D eigenvalue weighted by Crippen LogP contribution is 2.60. The number of hydrogen-bond acceptors (Lipinski definition) is 11. The molecule has 0 saturated carbocycles. The molecule has 0 bridgehead atoms. The van der Waals surface area contributed by atoms with Crippen molar-refractivity contribution in [3.05, 3.63) is 62.9 Å².